The minimum absolute atomic E-state index is 0.393. The van der Waals surface area contributed by atoms with Gasteiger partial charge in [-0.2, -0.15) is 18.3 Å². The summed E-state index contributed by atoms with van der Waals surface area (Å²) in [6, 6.07) is 7.32. The molecule has 0 bridgehead atoms. The van der Waals surface area contributed by atoms with Crippen molar-refractivity contribution in [3.05, 3.63) is 68.0 Å². The van der Waals surface area contributed by atoms with Gasteiger partial charge in [-0.15, -0.1) is 16.4 Å². The zero-order chi connectivity index (χ0) is 21.2. The van der Waals surface area contributed by atoms with Gasteiger partial charge in [-0.3, -0.25) is 4.98 Å². The Balaban J connectivity index is 1.76. The molecule has 5 rings (SSSR count). The van der Waals surface area contributed by atoms with Gasteiger partial charge in [0.25, 0.3) is 0 Å². The first kappa shape index (κ1) is 18.8. The van der Waals surface area contributed by atoms with Gasteiger partial charge in [-0.25, -0.2) is 4.79 Å². The van der Waals surface area contributed by atoms with Crippen LogP contribution in [0.2, 0.25) is 0 Å². The maximum absolute atomic E-state index is 13.2. The zero-order valence-corrected chi connectivity index (χ0v) is 16.7. The smallest absolute Gasteiger partial charge is 0.408 e. The van der Waals surface area contributed by atoms with Crippen molar-refractivity contribution in [1.29, 1.82) is 0 Å². The molecule has 2 aromatic carbocycles. The van der Waals surface area contributed by atoms with Gasteiger partial charge in [0.15, 0.2) is 5.58 Å². The van der Waals surface area contributed by atoms with E-state index < -0.39 is 17.5 Å². The van der Waals surface area contributed by atoms with Gasteiger partial charge in [-0.1, -0.05) is 0 Å². The number of aryl methyl sites for hydroxylation is 1. The Labute approximate surface area is 171 Å². The van der Waals surface area contributed by atoms with E-state index in [0.717, 1.165) is 32.5 Å². The van der Waals surface area contributed by atoms with E-state index in [9.17, 15) is 18.0 Å². The molecule has 1 aliphatic rings. The minimum Gasteiger partial charge on any atom is -0.408 e. The Bertz CT molecular complexity index is 1450. The first-order chi connectivity index (χ1) is 14.2. The molecule has 0 spiro atoms. The van der Waals surface area contributed by atoms with Crippen LogP contribution in [0.1, 0.15) is 34.1 Å². The fourth-order valence-electron chi connectivity index (χ4n) is 3.70. The highest BCUT2D eigenvalue weighted by Gasteiger charge is 2.31. The van der Waals surface area contributed by atoms with Crippen molar-refractivity contribution in [3.8, 4) is 0 Å². The highest BCUT2D eigenvalue weighted by atomic mass is 32.1. The van der Waals surface area contributed by atoms with Crippen LogP contribution in [0.4, 0.5) is 13.2 Å². The lowest BCUT2D eigenvalue weighted by Gasteiger charge is -2.09. The number of alkyl halides is 3. The Morgan fingerprint density at radius 3 is 2.70 bits per heavy atom. The Morgan fingerprint density at radius 2 is 1.93 bits per heavy atom. The molecule has 0 saturated heterocycles. The summed E-state index contributed by atoms with van der Waals surface area (Å²) in [5, 5.41) is 9.24. The number of hydrogen-bond donors (Lipinski definition) is 1. The molecule has 0 atom stereocenters. The largest absolute Gasteiger partial charge is 0.417 e. The number of halogens is 3. The number of fused-ring (bicyclic) bond motifs is 3. The second-order valence-electron chi connectivity index (χ2n) is 7.25. The molecule has 0 saturated carbocycles. The number of nitrogens with zero attached hydrogens (tertiary/aromatic N) is 2. The van der Waals surface area contributed by atoms with Gasteiger partial charge >= 0.3 is 11.9 Å². The molecule has 0 fully saturated rings. The van der Waals surface area contributed by atoms with Gasteiger partial charge in [0.1, 0.15) is 5.71 Å². The maximum atomic E-state index is 13.2. The van der Waals surface area contributed by atoms with E-state index in [4.69, 9.17) is 4.42 Å². The maximum Gasteiger partial charge on any atom is 0.417 e. The lowest BCUT2D eigenvalue weighted by molar-refractivity contribution is -0.137. The van der Waals surface area contributed by atoms with Crippen LogP contribution >= 0.6 is 11.3 Å². The highest BCUT2D eigenvalue weighted by molar-refractivity contribution is 7.21. The molecule has 152 valence electrons. The van der Waals surface area contributed by atoms with E-state index in [1.807, 2.05) is 13.0 Å². The van der Waals surface area contributed by atoms with E-state index in [-0.39, 0.29) is 0 Å². The van der Waals surface area contributed by atoms with E-state index in [1.54, 1.807) is 13.0 Å². The third kappa shape index (κ3) is 2.97. The van der Waals surface area contributed by atoms with Crippen molar-refractivity contribution in [2.75, 3.05) is 0 Å². The predicted octanol–water partition coefficient (Wildman–Crippen LogP) is 5.43. The molecule has 9 heteroatoms. The normalized spacial score (nSPS) is 14.6. The molecule has 1 N–H and O–H groups in total. The summed E-state index contributed by atoms with van der Waals surface area (Å²) in [6.45, 7) is 3.64. The van der Waals surface area contributed by atoms with Crippen molar-refractivity contribution < 1.29 is 17.6 Å². The summed E-state index contributed by atoms with van der Waals surface area (Å²) >= 11 is 1.37. The van der Waals surface area contributed by atoms with E-state index in [1.165, 1.54) is 23.5 Å². The molecule has 0 amide bonds. The number of benzene rings is 2. The minimum atomic E-state index is -4.41. The average Bonchev–Trinajstić information content (AvgIpc) is 3.14. The average molecular weight is 429 g/mol. The van der Waals surface area contributed by atoms with Crippen LogP contribution < -0.4 is 5.76 Å². The number of oxazole rings is 1. The molecule has 3 heterocycles. The van der Waals surface area contributed by atoms with Crippen LogP contribution in [0, 0.1) is 6.92 Å². The molecule has 0 radical (unpaired) electrons. The summed E-state index contributed by atoms with van der Waals surface area (Å²) in [5.74, 6) is -0.549. The van der Waals surface area contributed by atoms with Crippen molar-refractivity contribution >= 4 is 43.9 Å². The summed E-state index contributed by atoms with van der Waals surface area (Å²) in [5.41, 5.74) is 3.99. The summed E-state index contributed by atoms with van der Waals surface area (Å²) in [7, 11) is 0. The zero-order valence-electron chi connectivity index (χ0n) is 15.8. The standard InChI is InChI=1S/C21H14F3N3O2S/c1-9-5-11-6-15-16(29-20(28)25-15)8-14(11)18(27-26-9)19-10(2)13-7-12(21(22,23)24)3-4-17(13)30-19/h3-4,6-8H,5H2,1-2H3,(H,25,28). The van der Waals surface area contributed by atoms with Crippen molar-refractivity contribution in [1.82, 2.24) is 4.98 Å². The van der Waals surface area contributed by atoms with Crippen molar-refractivity contribution in [2.45, 2.75) is 26.4 Å². The predicted molar refractivity (Wildman–Crippen MR) is 111 cm³/mol. The summed E-state index contributed by atoms with van der Waals surface area (Å²) in [4.78, 5) is 15.0. The molecule has 1 aliphatic heterocycles. The third-order valence-electron chi connectivity index (χ3n) is 5.15. The molecule has 0 aliphatic carbocycles. The number of H-pyrrole nitrogens is 1. The molecule has 5 nitrogen and oxygen atoms in total. The van der Waals surface area contributed by atoms with Crippen LogP contribution in [-0.4, -0.2) is 16.4 Å². The van der Waals surface area contributed by atoms with Crippen LogP contribution in [0.3, 0.4) is 0 Å². The van der Waals surface area contributed by atoms with Crippen LogP contribution in [0.5, 0.6) is 0 Å². The van der Waals surface area contributed by atoms with E-state index >= 15 is 0 Å². The molecule has 2 aromatic heterocycles. The number of nitrogens with one attached hydrogen (secondary N) is 1. The Hall–Kier alpha value is -3.20. The summed E-state index contributed by atoms with van der Waals surface area (Å²) in [6.07, 6.45) is -3.87. The highest BCUT2D eigenvalue weighted by Crippen LogP contribution is 2.38. The van der Waals surface area contributed by atoms with E-state index in [2.05, 4.69) is 15.2 Å². The number of aromatic nitrogens is 1. The molecule has 4 aromatic rings. The first-order valence-corrected chi connectivity index (χ1v) is 9.90. The SMILES string of the molecule is CC1=NN=C(c2sc3ccc(C(F)(F)F)cc3c2C)c2cc3oc(=O)[nH]c3cc2C1. The summed E-state index contributed by atoms with van der Waals surface area (Å²) < 4.78 is 45.5. The number of aromatic amines is 1. The van der Waals surface area contributed by atoms with Crippen LogP contribution in [-0.2, 0) is 12.6 Å². The number of hydrogen-bond acceptors (Lipinski definition) is 5. The van der Waals surface area contributed by atoms with E-state index in [0.29, 0.717) is 34.2 Å². The molecular formula is C21H14F3N3O2S. The fraction of sp³-hybridized carbons (Fsp3) is 0.190. The topological polar surface area (TPSA) is 70.7 Å². The number of rotatable bonds is 1. The second kappa shape index (κ2) is 6.40. The first-order valence-electron chi connectivity index (χ1n) is 9.08. The molecule has 30 heavy (non-hydrogen) atoms. The van der Waals surface area contributed by atoms with Crippen LogP contribution in [0.15, 0.2) is 49.7 Å². The van der Waals surface area contributed by atoms with Gasteiger partial charge < -0.3 is 4.42 Å². The number of thiophene rings is 1. The molecular weight excluding hydrogens is 415 g/mol. The van der Waals surface area contributed by atoms with Gasteiger partial charge in [-0.05, 0) is 60.7 Å². The Kier molecular flexibility index (Phi) is 4.01. The lowest BCUT2D eigenvalue weighted by Crippen LogP contribution is -2.06. The fourth-order valence-corrected chi connectivity index (χ4v) is 4.89. The van der Waals surface area contributed by atoms with Crippen LogP contribution in [0.25, 0.3) is 21.2 Å². The lowest BCUT2D eigenvalue weighted by atomic mass is 9.96. The van der Waals surface area contributed by atoms with Gasteiger partial charge in [0.05, 0.1) is 16.0 Å². The molecule has 0 unspecified atom stereocenters. The van der Waals surface area contributed by atoms with Crippen molar-refractivity contribution in [3.63, 3.8) is 0 Å². The third-order valence-corrected chi connectivity index (χ3v) is 6.43. The van der Waals surface area contributed by atoms with Gasteiger partial charge in [0.2, 0.25) is 0 Å². The van der Waals surface area contributed by atoms with Crippen molar-refractivity contribution in [2.24, 2.45) is 10.2 Å². The monoisotopic (exact) mass is 429 g/mol. The Morgan fingerprint density at radius 1 is 1.13 bits per heavy atom. The van der Waals surface area contributed by atoms with Gasteiger partial charge in [0, 0.05) is 22.4 Å². The quantitative estimate of drug-likeness (QED) is 0.438. The second-order valence-corrected chi connectivity index (χ2v) is 8.30.